The van der Waals surface area contributed by atoms with Gasteiger partial charge in [-0.25, -0.2) is 18.1 Å². The van der Waals surface area contributed by atoms with Gasteiger partial charge in [-0.1, -0.05) is 0 Å². The van der Waals surface area contributed by atoms with E-state index in [4.69, 9.17) is 10.5 Å². The number of sulfone groups is 1. The zero-order valence-corrected chi connectivity index (χ0v) is 18.3. The predicted molar refractivity (Wildman–Crippen MR) is 106 cm³/mol. The quantitative estimate of drug-likeness (QED) is 0.542. The molecule has 0 spiro atoms. The molecule has 176 valence electrons. The summed E-state index contributed by atoms with van der Waals surface area (Å²) in [7, 11) is -2.72. The van der Waals surface area contributed by atoms with Crippen LogP contribution in [0.25, 0.3) is 5.82 Å². The molecule has 4 rings (SSSR count). The molecular formula is C19H19F3N6O4S. The molecule has 1 saturated carbocycles. The highest BCUT2D eigenvalue weighted by Gasteiger charge is 2.64. The van der Waals surface area contributed by atoms with Gasteiger partial charge < -0.3 is 10.5 Å². The first-order valence-corrected chi connectivity index (χ1v) is 11.1. The molecule has 0 radical (unpaired) electrons. The summed E-state index contributed by atoms with van der Waals surface area (Å²) >= 11 is 0. The zero-order valence-electron chi connectivity index (χ0n) is 17.5. The van der Waals surface area contributed by atoms with Crippen LogP contribution in [0.5, 0.6) is 5.88 Å². The first-order chi connectivity index (χ1) is 15.4. The summed E-state index contributed by atoms with van der Waals surface area (Å²) in [5, 5.41) is 7.34. The number of nitrogens with zero attached hydrogens (tertiary/aromatic N) is 5. The Hall–Kier alpha value is -3.42. The van der Waals surface area contributed by atoms with Crippen LogP contribution in [-0.4, -0.2) is 51.7 Å². The van der Waals surface area contributed by atoms with Crippen molar-refractivity contribution < 1.29 is 31.1 Å². The van der Waals surface area contributed by atoms with Gasteiger partial charge in [0.15, 0.2) is 10.8 Å². The lowest BCUT2D eigenvalue weighted by Gasteiger charge is -2.18. The van der Waals surface area contributed by atoms with Crippen LogP contribution in [0.2, 0.25) is 0 Å². The number of hydrogen-bond donors (Lipinski definition) is 1. The number of nitrogens with two attached hydrogens (primary N) is 1. The van der Waals surface area contributed by atoms with Gasteiger partial charge in [-0.05, 0) is 31.9 Å². The highest BCUT2D eigenvalue weighted by Crippen LogP contribution is 2.57. The van der Waals surface area contributed by atoms with E-state index in [1.54, 1.807) is 14.0 Å². The molecule has 0 aliphatic heterocycles. The van der Waals surface area contributed by atoms with Crippen molar-refractivity contribution in [2.45, 2.75) is 35.9 Å². The van der Waals surface area contributed by atoms with Crippen LogP contribution in [0, 0.1) is 12.3 Å². The third-order valence-electron chi connectivity index (χ3n) is 5.60. The fraction of sp³-hybridized carbons (Fsp3) is 0.368. The van der Waals surface area contributed by atoms with E-state index in [-0.39, 0.29) is 35.0 Å². The molecule has 0 saturated heterocycles. The first-order valence-electron chi connectivity index (χ1n) is 9.66. The topological polar surface area (TPSA) is 135 Å². The highest BCUT2D eigenvalue weighted by molar-refractivity contribution is 7.91. The van der Waals surface area contributed by atoms with Crippen molar-refractivity contribution in [3.05, 3.63) is 41.9 Å². The van der Waals surface area contributed by atoms with Gasteiger partial charge in [-0.15, -0.1) is 5.10 Å². The number of halogens is 3. The van der Waals surface area contributed by atoms with Crippen LogP contribution in [0.4, 0.5) is 13.2 Å². The van der Waals surface area contributed by atoms with Crippen LogP contribution in [0.15, 0.2) is 40.5 Å². The number of alkyl halides is 3. The molecule has 3 aromatic rings. The molecule has 1 fully saturated rings. The maximum atomic E-state index is 13.2. The Kier molecular flexibility index (Phi) is 5.22. The SMILES string of the molecule is Cc1c(S(=O)(=O)c2nc(-n3ccc(OCC4(C(F)(F)F)CC4)n3)ccc2C(N)=O)cnn1C. The number of ether oxygens (including phenoxy) is 1. The summed E-state index contributed by atoms with van der Waals surface area (Å²) in [5.41, 5.74) is 3.49. The fourth-order valence-corrected chi connectivity index (χ4v) is 4.77. The zero-order chi connectivity index (χ0) is 24.2. The number of carbonyl (C=O) groups excluding carboxylic acids is 1. The van der Waals surface area contributed by atoms with Crippen molar-refractivity contribution in [2.24, 2.45) is 18.2 Å². The van der Waals surface area contributed by atoms with Crippen LogP contribution in [-0.2, 0) is 16.9 Å². The third-order valence-corrected chi connectivity index (χ3v) is 7.40. The van der Waals surface area contributed by atoms with Crippen LogP contribution in [0.1, 0.15) is 28.9 Å². The second-order valence-corrected chi connectivity index (χ2v) is 9.61. The summed E-state index contributed by atoms with van der Waals surface area (Å²) in [6, 6.07) is 3.83. The second-order valence-electron chi connectivity index (χ2n) is 7.77. The van der Waals surface area contributed by atoms with E-state index in [0.717, 1.165) is 10.9 Å². The number of hydrogen-bond acceptors (Lipinski definition) is 7. The molecule has 0 aromatic carbocycles. The Morgan fingerprint density at radius 1 is 1.27 bits per heavy atom. The van der Waals surface area contributed by atoms with Gasteiger partial charge in [0, 0.05) is 19.3 Å². The Balaban J connectivity index is 1.67. The monoisotopic (exact) mass is 484 g/mol. The third kappa shape index (κ3) is 3.94. The number of pyridine rings is 1. The van der Waals surface area contributed by atoms with Crippen molar-refractivity contribution >= 4 is 15.7 Å². The first kappa shape index (κ1) is 22.8. The fourth-order valence-electron chi connectivity index (χ4n) is 3.18. The Bertz CT molecular complexity index is 1340. The summed E-state index contributed by atoms with van der Waals surface area (Å²) in [6.07, 6.45) is -1.90. The average Bonchev–Trinajstić information content (AvgIpc) is 3.28. The van der Waals surface area contributed by atoms with E-state index in [1.807, 2.05) is 0 Å². The predicted octanol–water partition coefficient (Wildman–Crippen LogP) is 1.96. The number of aromatic nitrogens is 5. The normalized spacial score (nSPS) is 15.4. The molecular weight excluding hydrogens is 465 g/mol. The smallest absolute Gasteiger partial charge is 0.397 e. The minimum Gasteiger partial charge on any atom is -0.476 e. The Morgan fingerprint density at radius 2 is 1.97 bits per heavy atom. The van der Waals surface area contributed by atoms with Crippen molar-refractivity contribution in [3.63, 3.8) is 0 Å². The summed E-state index contributed by atoms with van der Waals surface area (Å²) in [4.78, 5) is 15.8. The second kappa shape index (κ2) is 7.57. The minimum atomic E-state index is -4.37. The summed E-state index contributed by atoms with van der Waals surface area (Å²) < 4.78 is 73.4. The molecule has 1 amide bonds. The lowest BCUT2D eigenvalue weighted by atomic mass is 10.1. The number of aryl methyl sites for hydroxylation is 1. The molecule has 33 heavy (non-hydrogen) atoms. The minimum absolute atomic E-state index is 0.00748. The number of carbonyl (C=O) groups is 1. The molecule has 0 unspecified atom stereocenters. The van der Waals surface area contributed by atoms with E-state index in [9.17, 15) is 26.4 Å². The van der Waals surface area contributed by atoms with E-state index in [2.05, 4.69) is 15.2 Å². The molecule has 1 aliphatic rings. The van der Waals surface area contributed by atoms with E-state index in [1.165, 1.54) is 29.1 Å². The molecule has 0 atom stereocenters. The van der Waals surface area contributed by atoms with Crippen LogP contribution < -0.4 is 10.5 Å². The van der Waals surface area contributed by atoms with E-state index in [0.29, 0.717) is 5.69 Å². The Labute approximate surface area is 186 Å². The lowest BCUT2D eigenvalue weighted by molar-refractivity contribution is -0.194. The van der Waals surface area contributed by atoms with E-state index < -0.39 is 39.0 Å². The molecule has 10 nitrogen and oxygen atoms in total. The average molecular weight is 484 g/mol. The van der Waals surface area contributed by atoms with Gasteiger partial charge in [0.25, 0.3) is 5.91 Å². The lowest BCUT2D eigenvalue weighted by Crippen LogP contribution is -2.30. The maximum Gasteiger partial charge on any atom is 0.397 e. The van der Waals surface area contributed by atoms with Gasteiger partial charge in [0.05, 0.1) is 17.5 Å². The maximum absolute atomic E-state index is 13.2. The molecule has 0 bridgehead atoms. The van der Waals surface area contributed by atoms with Crippen molar-refractivity contribution in [2.75, 3.05) is 6.61 Å². The van der Waals surface area contributed by atoms with Gasteiger partial charge in [0.2, 0.25) is 15.7 Å². The largest absolute Gasteiger partial charge is 0.476 e. The summed E-state index contributed by atoms with van der Waals surface area (Å²) in [6.45, 7) is 0.972. The molecule has 2 N–H and O–H groups in total. The van der Waals surface area contributed by atoms with Crippen molar-refractivity contribution in [1.29, 1.82) is 0 Å². The Morgan fingerprint density at radius 3 is 2.52 bits per heavy atom. The van der Waals surface area contributed by atoms with Gasteiger partial charge in [-0.3, -0.25) is 9.48 Å². The molecule has 14 heteroatoms. The standard InChI is InChI=1S/C19H19F3N6O4S/c1-11-13(9-24-27(11)2)33(30,31)17-12(16(23)29)3-4-14(25-17)28-8-5-15(26-28)32-10-18(6-7-18)19(20,21)22/h3-5,8-9H,6-7,10H2,1-2H3,(H2,23,29). The number of primary amides is 1. The van der Waals surface area contributed by atoms with Gasteiger partial charge in [-0.2, -0.15) is 18.3 Å². The molecule has 1 aliphatic carbocycles. The highest BCUT2D eigenvalue weighted by atomic mass is 32.2. The van der Waals surface area contributed by atoms with Crippen molar-refractivity contribution in [3.8, 4) is 11.7 Å². The van der Waals surface area contributed by atoms with E-state index >= 15 is 0 Å². The molecule has 3 heterocycles. The van der Waals surface area contributed by atoms with Gasteiger partial charge in [0.1, 0.15) is 16.9 Å². The van der Waals surface area contributed by atoms with Crippen molar-refractivity contribution in [1.82, 2.24) is 24.5 Å². The summed E-state index contributed by atoms with van der Waals surface area (Å²) in [5.74, 6) is -1.09. The number of rotatable bonds is 7. The molecule has 3 aromatic heterocycles. The van der Waals surface area contributed by atoms with Crippen LogP contribution in [0.3, 0.4) is 0 Å². The van der Waals surface area contributed by atoms with Crippen LogP contribution >= 0.6 is 0 Å². The number of amides is 1. The van der Waals surface area contributed by atoms with Gasteiger partial charge >= 0.3 is 6.18 Å².